The minimum atomic E-state index is -1.02. The molecule has 1 aromatic rings. The average Bonchev–Trinajstić information content (AvgIpc) is 2.58. The second-order valence-electron chi connectivity index (χ2n) is 4.33. The standard InChI is InChI=1S/C12H14ClNO3/c1-6-2-7-3-9(13)4-8(11(7)17-6)5-10(14)12(15)16/h3-4,6,10H,2,5,14H2,1H3,(H,15,16). The molecule has 0 radical (unpaired) electrons. The molecule has 92 valence electrons. The topological polar surface area (TPSA) is 72.6 Å². The molecule has 17 heavy (non-hydrogen) atoms. The Morgan fingerprint density at radius 2 is 2.41 bits per heavy atom. The van der Waals surface area contributed by atoms with Crippen LogP contribution in [0.15, 0.2) is 12.1 Å². The summed E-state index contributed by atoms with van der Waals surface area (Å²) >= 11 is 6.00. The van der Waals surface area contributed by atoms with Crippen LogP contribution in [0.2, 0.25) is 5.02 Å². The van der Waals surface area contributed by atoms with Crippen molar-refractivity contribution in [3.05, 3.63) is 28.3 Å². The summed E-state index contributed by atoms with van der Waals surface area (Å²) in [4.78, 5) is 10.8. The molecule has 0 amide bonds. The molecule has 0 aromatic heterocycles. The van der Waals surface area contributed by atoms with Crippen molar-refractivity contribution in [3.63, 3.8) is 0 Å². The molecule has 1 aliphatic rings. The molecule has 0 aliphatic carbocycles. The maximum atomic E-state index is 10.8. The first-order valence-corrected chi connectivity index (χ1v) is 5.81. The number of rotatable bonds is 3. The lowest BCUT2D eigenvalue weighted by Crippen LogP contribution is -2.32. The van der Waals surface area contributed by atoms with Gasteiger partial charge < -0.3 is 15.6 Å². The third-order valence-electron chi connectivity index (χ3n) is 2.79. The second kappa shape index (κ2) is 4.55. The zero-order valence-electron chi connectivity index (χ0n) is 9.44. The smallest absolute Gasteiger partial charge is 0.320 e. The molecule has 1 heterocycles. The van der Waals surface area contributed by atoms with E-state index in [2.05, 4.69) is 0 Å². The van der Waals surface area contributed by atoms with Crippen LogP contribution in [0.1, 0.15) is 18.1 Å². The van der Waals surface area contributed by atoms with Crippen LogP contribution >= 0.6 is 11.6 Å². The van der Waals surface area contributed by atoms with Crippen LogP contribution in [0.5, 0.6) is 5.75 Å². The molecule has 3 N–H and O–H groups in total. The zero-order chi connectivity index (χ0) is 12.6. The predicted molar refractivity (Wildman–Crippen MR) is 64.6 cm³/mol. The summed E-state index contributed by atoms with van der Waals surface area (Å²) in [7, 11) is 0. The van der Waals surface area contributed by atoms with Gasteiger partial charge >= 0.3 is 5.97 Å². The van der Waals surface area contributed by atoms with Crippen molar-refractivity contribution in [2.75, 3.05) is 0 Å². The van der Waals surface area contributed by atoms with Gasteiger partial charge in [-0.05, 0) is 30.2 Å². The van der Waals surface area contributed by atoms with Gasteiger partial charge in [-0.2, -0.15) is 0 Å². The Kier molecular flexibility index (Phi) is 3.26. The van der Waals surface area contributed by atoms with Gasteiger partial charge in [-0.25, -0.2) is 0 Å². The van der Waals surface area contributed by atoms with Gasteiger partial charge in [-0.1, -0.05) is 11.6 Å². The number of aliphatic carboxylic acids is 1. The highest BCUT2D eigenvalue weighted by Crippen LogP contribution is 2.35. The van der Waals surface area contributed by atoms with Crippen molar-refractivity contribution >= 4 is 17.6 Å². The molecular formula is C12H14ClNO3. The molecule has 2 unspecified atom stereocenters. The third-order valence-corrected chi connectivity index (χ3v) is 3.01. The van der Waals surface area contributed by atoms with Crippen molar-refractivity contribution in [1.29, 1.82) is 0 Å². The van der Waals surface area contributed by atoms with E-state index in [9.17, 15) is 4.79 Å². The average molecular weight is 256 g/mol. The lowest BCUT2D eigenvalue weighted by Gasteiger charge is -2.12. The van der Waals surface area contributed by atoms with E-state index in [-0.39, 0.29) is 12.5 Å². The van der Waals surface area contributed by atoms with E-state index in [1.54, 1.807) is 6.07 Å². The van der Waals surface area contributed by atoms with Crippen LogP contribution < -0.4 is 10.5 Å². The Labute approximate surface area is 104 Å². The molecule has 4 nitrogen and oxygen atoms in total. The first-order chi connectivity index (χ1) is 7.97. The van der Waals surface area contributed by atoms with E-state index in [0.29, 0.717) is 5.02 Å². The number of nitrogens with two attached hydrogens (primary N) is 1. The first kappa shape index (κ1) is 12.2. The van der Waals surface area contributed by atoms with Crippen molar-refractivity contribution in [2.24, 2.45) is 5.73 Å². The molecule has 0 fully saturated rings. The molecular weight excluding hydrogens is 242 g/mol. The summed E-state index contributed by atoms with van der Waals surface area (Å²) in [5.74, 6) is -0.275. The third kappa shape index (κ3) is 2.53. The number of benzene rings is 1. The summed E-state index contributed by atoms with van der Waals surface area (Å²) in [6.45, 7) is 1.97. The van der Waals surface area contributed by atoms with Crippen LogP contribution in [0.4, 0.5) is 0 Å². The van der Waals surface area contributed by atoms with E-state index in [4.69, 9.17) is 27.2 Å². The molecule has 0 saturated heterocycles. The van der Waals surface area contributed by atoms with Gasteiger partial charge in [0.1, 0.15) is 17.9 Å². The summed E-state index contributed by atoms with van der Waals surface area (Å²) in [5.41, 5.74) is 7.32. The molecule has 0 spiro atoms. The zero-order valence-corrected chi connectivity index (χ0v) is 10.2. The van der Waals surface area contributed by atoms with Gasteiger partial charge in [0.25, 0.3) is 0 Å². The molecule has 5 heteroatoms. The number of halogens is 1. The van der Waals surface area contributed by atoms with Crippen LogP contribution in [0.25, 0.3) is 0 Å². The normalized spacial score (nSPS) is 19.6. The Hall–Kier alpha value is -1.26. The molecule has 1 aromatic carbocycles. The first-order valence-electron chi connectivity index (χ1n) is 5.43. The largest absolute Gasteiger partial charge is 0.490 e. The lowest BCUT2D eigenvalue weighted by atomic mass is 10.0. The number of carbonyl (C=O) groups is 1. The van der Waals surface area contributed by atoms with E-state index >= 15 is 0 Å². The minimum absolute atomic E-state index is 0.100. The summed E-state index contributed by atoms with van der Waals surface area (Å²) in [6.07, 6.45) is 1.12. The van der Waals surface area contributed by atoms with E-state index in [1.807, 2.05) is 13.0 Å². The fourth-order valence-electron chi connectivity index (χ4n) is 2.04. The van der Waals surface area contributed by atoms with Gasteiger partial charge in [0.2, 0.25) is 0 Å². The van der Waals surface area contributed by atoms with E-state index in [1.165, 1.54) is 0 Å². The highest BCUT2D eigenvalue weighted by molar-refractivity contribution is 6.30. The van der Waals surface area contributed by atoms with Crippen molar-refractivity contribution < 1.29 is 14.6 Å². The monoisotopic (exact) mass is 255 g/mol. The number of carboxylic acid groups (broad SMARTS) is 1. The number of ether oxygens (including phenoxy) is 1. The molecule has 2 atom stereocenters. The Bertz CT molecular complexity index is 461. The highest BCUT2D eigenvalue weighted by atomic mass is 35.5. The van der Waals surface area contributed by atoms with Gasteiger partial charge in [0.15, 0.2) is 0 Å². The second-order valence-corrected chi connectivity index (χ2v) is 4.77. The van der Waals surface area contributed by atoms with E-state index < -0.39 is 12.0 Å². The van der Waals surface area contributed by atoms with Gasteiger partial charge in [0.05, 0.1) is 0 Å². The Morgan fingerprint density at radius 3 is 3.06 bits per heavy atom. The molecule has 1 aliphatic heterocycles. The number of fused-ring (bicyclic) bond motifs is 1. The van der Waals surface area contributed by atoms with E-state index in [0.717, 1.165) is 23.3 Å². The SMILES string of the molecule is CC1Cc2cc(Cl)cc(CC(N)C(=O)O)c2O1. The van der Waals surface area contributed by atoms with Crippen LogP contribution in [0.3, 0.4) is 0 Å². The molecule has 0 bridgehead atoms. The van der Waals surface area contributed by atoms with Gasteiger partial charge in [-0.15, -0.1) is 0 Å². The minimum Gasteiger partial charge on any atom is -0.490 e. The quantitative estimate of drug-likeness (QED) is 0.861. The van der Waals surface area contributed by atoms with Crippen LogP contribution in [-0.4, -0.2) is 23.2 Å². The van der Waals surface area contributed by atoms with Crippen molar-refractivity contribution in [2.45, 2.75) is 31.9 Å². The number of carboxylic acids is 1. The van der Waals surface area contributed by atoms with Gasteiger partial charge in [-0.3, -0.25) is 4.79 Å². The maximum Gasteiger partial charge on any atom is 0.320 e. The predicted octanol–water partition coefficient (Wildman–Crippen LogP) is 1.62. The molecule has 0 saturated carbocycles. The fraction of sp³-hybridized carbons (Fsp3) is 0.417. The lowest BCUT2D eigenvalue weighted by molar-refractivity contribution is -0.138. The Balaban J connectivity index is 2.32. The Morgan fingerprint density at radius 1 is 1.71 bits per heavy atom. The number of hydrogen-bond donors (Lipinski definition) is 2. The van der Waals surface area contributed by atoms with Crippen molar-refractivity contribution in [1.82, 2.24) is 0 Å². The maximum absolute atomic E-state index is 10.8. The highest BCUT2D eigenvalue weighted by Gasteiger charge is 2.25. The van der Waals surface area contributed by atoms with Crippen LogP contribution in [0, 0.1) is 0 Å². The summed E-state index contributed by atoms with van der Waals surface area (Å²) in [6, 6.07) is 2.65. The van der Waals surface area contributed by atoms with Crippen LogP contribution in [-0.2, 0) is 17.6 Å². The van der Waals surface area contributed by atoms with Crippen molar-refractivity contribution in [3.8, 4) is 5.75 Å². The summed E-state index contributed by atoms with van der Waals surface area (Å²) in [5, 5.41) is 9.41. The number of hydrogen-bond acceptors (Lipinski definition) is 3. The van der Waals surface area contributed by atoms with Gasteiger partial charge in [0, 0.05) is 17.9 Å². The summed E-state index contributed by atoms with van der Waals surface area (Å²) < 4.78 is 5.67. The fourth-order valence-corrected chi connectivity index (χ4v) is 2.31. The molecule has 2 rings (SSSR count).